The highest BCUT2D eigenvalue weighted by Gasteiger charge is 2.18. The average molecular weight is 444 g/mol. The van der Waals surface area contributed by atoms with Crippen LogP contribution < -0.4 is 4.74 Å². The number of carboxylic acids is 1. The van der Waals surface area contributed by atoms with E-state index in [-0.39, 0.29) is 12.3 Å². The summed E-state index contributed by atoms with van der Waals surface area (Å²) in [6.45, 7) is 4.53. The molecule has 0 fully saturated rings. The van der Waals surface area contributed by atoms with E-state index in [0.717, 1.165) is 38.0 Å². The Labute approximate surface area is 192 Å². The van der Waals surface area contributed by atoms with Gasteiger partial charge in [0.05, 0.1) is 17.0 Å². The standard InChI is InChI=1S/C27H25NO3S/c1-18-8-10-22(11-9-18)27-28-19(2)25(32-27)17-31-23-14-12-21(13-15-23)24(16-26(29)30)20-6-4-3-5-7-20/h3-15,24H,16-17H2,1-2H3,(H,29,30). The normalized spacial score (nSPS) is 11.8. The minimum Gasteiger partial charge on any atom is -0.488 e. The molecular weight excluding hydrogens is 418 g/mol. The van der Waals surface area contributed by atoms with Crippen molar-refractivity contribution in [2.24, 2.45) is 0 Å². The van der Waals surface area contributed by atoms with Crippen LogP contribution in [0.5, 0.6) is 5.75 Å². The smallest absolute Gasteiger partial charge is 0.304 e. The van der Waals surface area contributed by atoms with Crippen LogP contribution in [0.1, 0.15) is 39.6 Å². The Hall–Kier alpha value is -3.44. The molecule has 1 atom stereocenters. The number of aryl methyl sites for hydroxylation is 2. The topological polar surface area (TPSA) is 59.4 Å². The van der Waals surface area contributed by atoms with Crippen molar-refractivity contribution in [3.63, 3.8) is 0 Å². The van der Waals surface area contributed by atoms with Crippen LogP contribution >= 0.6 is 11.3 Å². The van der Waals surface area contributed by atoms with Gasteiger partial charge in [-0.15, -0.1) is 11.3 Å². The van der Waals surface area contributed by atoms with Crippen molar-refractivity contribution >= 4 is 17.3 Å². The molecule has 1 N–H and O–H groups in total. The fourth-order valence-electron chi connectivity index (χ4n) is 3.61. The Kier molecular flexibility index (Phi) is 6.66. The lowest BCUT2D eigenvalue weighted by molar-refractivity contribution is -0.137. The molecule has 0 aliphatic heterocycles. The monoisotopic (exact) mass is 443 g/mol. The van der Waals surface area contributed by atoms with Crippen LogP contribution in [0.25, 0.3) is 10.6 Å². The summed E-state index contributed by atoms with van der Waals surface area (Å²) in [7, 11) is 0. The van der Waals surface area contributed by atoms with Crippen LogP contribution in [0.3, 0.4) is 0 Å². The molecule has 0 saturated carbocycles. The molecular formula is C27H25NO3S. The molecule has 0 aliphatic carbocycles. The predicted molar refractivity (Wildman–Crippen MR) is 128 cm³/mol. The van der Waals surface area contributed by atoms with Crippen molar-refractivity contribution in [2.45, 2.75) is 32.8 Å². The van der Waals surface area contributed by atoms with Gasteiger partial charge in [0.2, 0.25) is 0 Å². The largest absolute Gasteiger partial charge is 0.488 e. The van der Waals surface area contributed by atoms with Crippen molar-refractivity contribution in [3.8, 4) is 16.3 Å². The second kappa shape index (κ2) is 9.79. The number of hydrogen-bond donors (Lipinski definition) is 1. The number of ether oxygens (including phenoxy) is 1. The number of carbonyl (C=O) groups is 1. The van der Waals surface area contributed by atoms with Gasteiger partial charge in [-0.2, -0.15) is 0 Å². The highest BCUT2D eigenvalue weighted by atomic mass is 32.1. The number of carboxylic acid groups (broad SMARTS) is 1. The van der Waals surface area contributed by atoms with Crippen LogP contribution in [0.2, 0.25) is 0 Å². The lowest BCUT2D eigenvalue weighted by atomic mass is 9.88. The van der Waals surface area contributed by atoms with E-state index in [1.807, 2.05) is 61.5 Å². The first-order valence-corrected chi connectivity index (χ1v) is 11.3. The van der Waals surface area contributed by atoms with Crippen molar-refractivity contribution in [2.75, 3.05) is 0 Å². The van der Waals surface area contributed by atoms with E-state index >= 15 is 0 Å². The van der Waals surface area contributed by atoms with E-state index in [9.17, 15) is 9.90 Å². The van der Waals surface area contributed by atoms with Gasteiger partial charge in [-0.3, -0.25) is 4.79 Å². The highest BCUT2D eigenvalue weighted by molar-refractivity contribution is 7.15. The van der Waals surface area contributed by atoms with Crippen molar-refractivity contribution in [1.82, 2.24) is 4.98 Å². The van der Waals surface area contributed by atoms with E-state index in [0.29, 0.717) is 6.61 Å². The maximum absolute atomic E-state index is 11.4. The molecule has 0 aliphatic rings. The van der Waals surface area contributed by atoms with Crippen LogP contribution in [-0.2, 0) is 11.4 Å². The first-order chi connectivity index (χ1) is 15.5. The molecule has 1 unspecified atom stereocenters. The van der Waals surface area contributed by atoms with Crippen LogP contribution in [0.4, 0.5) is 0 Å². The maximum atomic E-state index is 11.4. The molecule has 1 aromatic heterocycles. The molecule has 162 valence electrons. The summed E-state index contributed by atoms with van der Waals surface area (Å²) < 4.78 is 6.02. The molecule has 32 heavy (non-hydrogen) atoms. The van der Waals surface area contributed by atoms with Crippen LogP contribution in [-0.4, -0.2) is 16.1 Å². The molecule has 4 aromatic rings. The summed E-state index contributed by atoms with van der Waals surface area (Å²) in [6, 6.07) is 25.8. The zero-order valence-electron chi connectivity index (χ0n) is 18.1. The molecule has 0 spiro atoms. The van der Waals surface area contributed by atoms with E-state index in [2.05, 4.69) is 31.2 Å². The fourth-order valence-corrected chi connectivity index (χ4v) is 4.60. The number of hydrogen-bond acceptors (Lipinski definition) is 4. The van der Waals surface area contributed by atoms with Crippen molar-refractivity contribution < 1.29 is 14.6 Å². The average Bonchev–Trinajstić information content (AvgIpc) is 3.18. The van der Waals surface area contributed by atoms with Gasteiger partial charge in [0.15, 0.2) is 0 Å². The van der Waals surface area contributed by atoms with Crippen LogP contribution in [0.15, 0.2) is 78.9 Å². The molecule has 4 nitrogen and oxygen atoms in total. The maximum Gasteiger partial charge on any atom is 0.304 e. The Morgan fingerprint density at radius 1 is 0.938 bits per heavy atom. The van der Waals surface area contributed by atoms with Gasteiger partial charge >= 0.3 is 5.97 Å². The van der Waals surface area contributed by atoms with Gasteiger partial charge in [-0.25, -0.2) is 4.98 Å². The number of aromatic nitrogens is 1. The Bertz CT molecular complexity index is 1180. The molecule has 4 rings (SSSR count). The summed E-state index contributed by atoms with van der Waals surface area (Å²) in [5.41, 5.74) is 5.28. The summed E-state index contributed by atoms with van der Waals surface area (Å²) in [5, 5.41) is 10.4. The second-order valence-electron chi connectivity index (χ2n) is 7.81. The number of benzene rings is 3. The SMILES string of the molecule is Cc1ccc(-c2nc(C)c(COc3ccc(C(CC(=O)O)c4ccccc4)cc3)s2)cc1. The zero-order chi connectivity index (χ0) is 22.5. The summed E-state index contributed by atoms with van der Waals surface area (Å²) in [4.78, 5) is 17.2. The van der Waals surface area contributed by atoms with Crippen LogP contribution in [0, 0.1) is 13.8 Å². The molecule has 0 bridgehead atoms. The molecule has 3 aromatic carbocycles. The molecule has 0 saturated heterocycles. The minimum atomic E-state index is -0.816. The summed E-state index contributed by atoms with van der Waals surface area (Å²) in [5.74, 6) is -0.256. The number of thiazole rings is 1. The third kappa shape index (κ3) is 5.24. The first-order valence-electron chi connectivity index (χ1n) is 10.5. The summed E-state index contributed by atoms with van der Waals surface area (Å²) >= 11 is 1.65. The quantitative estimate of drug-likeness (QED) is 0.333. The summed E-state index contributed by atoms with van der Waals surface area (Å²) in [6.07, 6.45) is 0.0477. The van der Waals surface area contributed by atoms with Gasteiger partial charge < -0.3 is 9.84 Å². The molecule has 0 radical (unpaired) electrons. The third-order valence-electron chi connectivity index (χ3n) is 5.42. The first kappa shape index (κ1) is 21.8. The van der Waals surface area contributed by atoms with E-state index in [1.54, 1.807) is 11.3 Å². The molecule has 0 amide bonds. The van der Waals surface area contributed by atoms with Crippen molar-refractivity contribution in [3.05, 3.63) is 106 Å². The van der Waals surface area contributed by atoms with Gasteiger partial charge in [-0.1, -0.05) is 72.3 Å². The van der Waals surface area contributed by atoms with Crippen molar-refractivity contribution in [1.29, 1.82) is 0 Å². The van der Waals surface area contributed by atoms with Gasteiger partial charge in [0.25, 0.3) is 0 Å². The Morgan fingerprint density at radius 2 is 1.59 bits per heavy atom. The highest BCUT2D eigenvalue weighted by Crippen LogP contribution is 2.31. The number of nitrogens with zero attached hydrogens (tertiary/aromatic N) is 1. The van der Waals surface area contributed by atoms with E-state index in [4.69, 9.17) is 9.72 Å². The third-order valence-corrected chi connectivity index (χ3v) is 6.60. The minimum absolute atomic E-state index is 0.0477. The Balaban J connectivity index is 1.46. The second-order valence-corrected chi connectivity index (χ2v) is 8.90. The van der Waals surface area contributed by atoms with Gasteiger partial charge in [0, 0.05) is 11.5 Å². The molecule has 1 heterocycles. The number of aliphatic carboxylic acids is 1. The van der Waals surface area contributed by atoms with Gasteiger partial charge in [-0.05, 0) is 37.1 Å². The lowest BCUT2D eigenvalue weighted by Crippen LogP contribution is -2.08. The van der Waals surface area contributed by atoms with E-state index in [1.165, 1.54) is 5.56 Å². The zero-order valence-corrected chi connectivity index (χ0v) is 18.9. The molecule has 5 heteroatoms. The van der Waals surface area contributed by atoms with E-state index < -0.39 is 5.97 Å². The lowest BCUT2D eigenvalue weighted by Gasteiger charge is -2.16. The van der Waals surface area contributed by atoms with Gasteiger partial charge in [0.1, 0.15) is 17.4 Å². The Morgan fingerprint density at radius 3 is 2.25 bits per heavy atom. The fraction of sp³-hybridized carbons (Fsp3) is 0.185. The predicted octanol–water partition coefficient (Wildman–Crippen LogP) is 6.61. The number of rotatable bonds is 8.